The van der Waals surface area contributed by atoms with Gasteiger partial charge in [0.15, 0.2) is 0 Å². The highest BCUT2D eigenvalue weighted by Gasteiger charge is 2.03. The Hall–Kier alpha value is -1.47. The minimum Gasteiger partial charge on any atom is -0.506 e. The molecule has 2 rings (SSSR count). The maximum Gasteiger partial charge on any atom is 0.134 e. The first kappa shape index (κ1) is 11.0. The highest BCUT2D eigenvalue weighted by Crippen LogP contribution is 2.30. The fourth-order valence-electron chi connectivity index (χ4n) is 1.83. The van der Waals surface area contributed by atoms with Crippen LogP contribution in [-0.2, 0) is 0 Å². The number of benzene rings is 2. The Morgan fingerprint density at radius 3 is 2.06 bits per heavy atom. The molecular weight excluding hydrogens is 220 g/mol. The van der Waals surface area contributed by atoms with Crippen molar-refractivity contribution >= 4 is 11.6 Å². The topological polar surface area (TPSA) is 20.2 Å². The molecule has 16 heavy (non-hydrogen) atoms. The van der Waals surface area contributed by atoms with Crippen molar-refractivity contribution in [1.82, 2.24) is 0 Å². The maximum absolute atomic E-state index is 9.57. The summed E-state index contributed by atoms with van der Waals surface area (Å²) in [4.78, 5) is 0. The van der Waals surface area contributed by atoms with Crippen molar-refractivity contribution in [1.29, 1.82) is 0 Å². The summed E-state index contributed by atoms with van der Waals surface area (Å²) in [5.74, 6) is 0.123. The van der Waals surface area contributed by atoms with Crippen molar-refractivity contribution in [2.75, 3.05) is 0 Å². The lowest BCUT2D eigenvalue weighted by atomic mass is 10.0. The van der Waals surface area contributed by atoms with Gasteiger partial charge >= 0.3 is 0 Å². The Kier molecular flexibility index (Phi) is 2.88. The van der Waals surface area contributed by atoms with Crippen molar-refractivity contribution in [2.24, 2.45) is 0 Å². The third kappa shape index (κ3) is 2.20. The molecule has 0 aromatic heterocycles. The van der Waals surface area contributed by atoms with Crippen LogP contribution >= 0.6 is 11.6 Å². The van der Waals surface area contributed by atoms with E-state index in [0.717, 1.165) is 11.1 Å². The molecule has 0 aliphatic carbocycles. The number of hydrogen-bond acceptors (Lipinski definition) is 1. The molecular formula is C14H13ClO. The zero-order chi connectivity index (χ0) is 11.7. The van der Waals surface area contributed by atoms with E-state index in [2.05, 4.69) is 32.0 Å². The second kappa shape index (κ2) is 4.18. The summed E-state index contributed by atoms with van der Waals surface area (Å²) >= 11 is 5.78. The molecule has 1 N–H and O–H groups in total. The Labute approximate surface area is 100 Å². The van der Waals surface area contributed by atoms with E-state index in [4.69, 9.17) is 11.6 Å². The van der Waals surface area contributed by atoms with Gasteiger partial charge in [-0.05, 0) is 37.1 Å². The summed E-state index contributed by atoms with van der Waals surface area (Å²) in [6, 6.07) is 11.6. The summed E-state index contributed by atoms with van der Waals surface area (Å²) in [5.41, 5.74) is 4.51. The third-order valence-corrected chi connectivity index (χ3v) is 2.82. The van der Waals surface area contributed by atoms with Crippen molar-refractivity contribution in [2.45, 2.75) is 13.8 Å². The van der Waals surface area contributed by atoms with Crippen LogP contribution in [0.5, 0.6) is 5.75 Å². The van der Waals surface area contributed by atoms with E-state index in [1.807, 2.05) is 6.07 Å². The van der Waals surface area contributed by atoms with Crippen molar-refractivity contribution < 1.29 is 5.11 Å². The number of halogens is 1. The van der Waals surface area contributed by atoms with Crippen molar-refractivity contribution in [3.05, 3.63) is 52.5 Å². The molecule has 0 unspecified atom stereocenters. The van der Waals surface area contributed by atoms with Gasteiger partial charge in [-0.1, -0.05) is 47.0 Å². The van der Waals surface area contributed by atoms with Gasteiger partial charge in [0, 0.05) is 0 Å². The molecule has 0 saturated carbocycles. The van der Waals surface area contributed by atoms with Crippen LogP contribution in [0, 0.1) is 13.8 Å². The molecule has 0 amide bonds. The van der Waals surface area contributed by atoms with Gasteiger partial charge in [0.05, 0.1) is 5.02 Å². The molecule has 82 valence electrons. The average Bonchev–Trinajstić information content (AvgIpc) is 2.20. The molecule has 0 spiro atoms. The van der Waals surface area contributed by atoms with Gasteiger partial charge in [-0.25, -0.2) is 0 Å². The molecule has 0 aliphatic rings. The minimum atomic E-state index is 0.123. The predicted octanol–water partition coefficient (Wildman–Crippen LogP) is 4.33. The number of phenols is 1. The molecule has 0 aliphatic heterocycles. The van der Waals surface area contributed by atoms with Gasteiger partial charge in [0.25, 0.3) is 0 Å². The monoisotopic (exact) mass is 232 g/mol. The summed E-state index contributed by atoms with van der Waals surface area (Å²) in [6.45, 7) is 4.12. The smallest absolute Gasteiger partial charge is 0.134 e. The van der Waals surface area contributed by atoms with E-state index in [0.29, 0.717) is 5.02 Å². The Morgan fingerprint density at radius 2 is 1.50 bits per heavy atom. The minimum absolute atomic E-state index is 0.123. The second-order valence-corrected chi connectivity index (χ2v) is 4.45. The van der Waals surface area contributed by atoms with Crippen LogP contribution in [0.15, 0.2) is 36.4 Å². The number of rotatable bonds is 1. The predicted molar refractivity (Wildman–Crippen MR) is 68.0 cm³/mol. The highest BCUT2D eigenvalue weighted by atomic mass is 35.5. The Bertz CT molecular complexity index is 512. The number of phenolic OH excluding ortho intramolecular Hbond substituents is 1. The lowest BCUT2D eigenvalue weighted by Crippen LogP contribution is -1.83. The summed E-state index contributed by atoms with van der Waals surface area (Å²) in [6.07, 6.45) is 0. The summed E-state index contributed by atoms with van der Waals surface area (Å²) in [7, 11) is 0. The van der Waals surface area contributed by atoms with E-state index in [1.54, 1.807) is 12.1 Å². The van der Waals surface area contributed by atoms with E-state index >= 15 is 0 Å². The molecule has 0 atom stereocenters. The molecule has 0 fully saturated rings. The van der Waals surface area contributed by atoms with Crippen LogP contribution < -0.4 is 0 Å². The first-order valence-electron chi connectivity index (χ1n) is 5.13. The van der Waals surface area contributed by atoms with Gasteiger partial charge in [-0.2, -0.15) is 0 Å². The first-order chi connectivity index (χ1) is 7.56. The summed E-state index contributed by atoms with van der Waals surface area (Å²) in [5, 5.41) is 9.95. The molecule has 0 bridgehead atoms. The van der Waals surface area contributed by atoms with Gasteiger partial charge < -0.3 is 5.11 Å². The molecule has 0 radical (unpaired) electrons. The van der Waals surface area contributed by atoms with Crippen LogP contribution in [0.4, 0.5) is 0 Å². The zero-order valence-corrected chi connectivity index (χ0v) is 10.0. The molecule has 2 aromatic rings. The van der Waals surface area contributed by atoms with Crippen molar-refractivity contribution in [3.63, 3.8) is 0 Å². The van der Waals surface area contributed by atoms with Gasteiger partial charge in [-0.15, -0.1) is 0 Å². The van der Waals surface area contributed by atoms with E-state index in [-0.39, 0.29) is 5.75 Å². The van der Waals surface area contributed by atoms with Crippen LogP contribution in [0.3, 0.4) is 0 Å². The number of aryl methyl sites for hydroxylation is 2. The van der Waals surface area contributed by atoms with Crippen LogP contribution in [0.25, 0.3) is 11.1 Å². The van der Waals surface area contributed by atoms with Crippen LogP contribution in [0.1, 0.15) is 11.1 Å². The van der Waals surface area contributed by atoms with Gasteiger partial charge in [0.2, 0.25) is 0 Å². The molecule has 1 nitrogen and oxygen atoms in total. The molecule has 2 aromatic carbocycles. The second-order valence-electron chi connectivity index (χ2n) is 4.04. The fraction of sp³-hybridized carbons (Fsp3) is 0.143. The van der Waals surface area contributed by atoms with Crippen LogP contribution in [-0.4, -0.2) is 5.11 Å². The van der Waals surface area contributed by atoms with E-state index in [1.165, 1.54) is 11.1 Å². The first-order valence-corrected chi connectivity index (χ1v) is 5.51. The molecule has 0 heterocycles. The standard InChI is InChI=1S/C14H13ClO/c1-9-5-10(2)7-12(6-9)11-3-4-13(15)14(16)8-11/h3-8,16H,1-2H3. The van der Waals surface area contributed by atoms with Crippen molar-refractivity contribution in [3.8, 4) is 16.9 Å². The largest absolute Gasteiger partial charge is 0.506 e. The average molecular weight is 233 g/mol. The highest BCUT2D eigenvalue weighted by molar-refractivity contribution is 6.32. The molecule has 2 heteroatoms. The normalized spacial score (nSPS) is 10.4. The lowest BCUT2D eigenvalue weighted by Gasteiger charge is -2.06. The molecule has 0 saturated heterocycles. The summed E-state index contributed by atoms with van der Waals surface area (Å²) < 4.78 is 0. The lowest BCUT2D eigenvalue weighted by molar-refractivity contribution is 0.476. The third-order valence-electron chi connectivity index (χ3n) is 2.50. The van der Waals surface area contributed by atoms with Gasteiger partial charge in [0.1, 0.15) is 5.75 Å². The van der Waals surface area contributed by atoms with E-state index in [9.17, 15) is 5.11 Å². The number of hydrogen-bond donors (Lipinski definition) is 1. The quantitative estimate of drug-likeness (QED) is 0.776. The SMILES string of the molecule is Cc1cc(C)cc(-c2ccc(Cl)c(O)c2)c1. The Balaban J connectivity index is 2.54. The van der Waals surface area contributed by atoms with E-state index < -0.39 is 0 Å². The maximum atomic E-state index is 9.57. The van der Waals surface area contributed by atoms with Gasteiger partial charge in [-0.3, -0.25) is 0 Å². The zero-order valence-electron chi connectivity index (χ0n) is 9.29. The Morgan fingerprint density at radius 1 is 0.875 bits per heavy atom. The fourth-order valence-corrected chi connectivity index (χ4v) is 1.95. The number of aromatic hydroxyl groups is 1. The van der Waals surface area contributed by atoms with Crippen LogP contribution in [0.2, 0.25) is 5.02 Å².